The molecule has 92 valence electrons. The smallest absolute Gasteiger partial charge is 0.132 e. The number of para-hydroxylation sites is 1. The number of rotatable bonds is 1. The average molecular weight is 239 g/mol. The zero-order chi connectivity index (χ0) is 12.4. The molecule has 1 aromatic carbocycles. The van der Waals surface area contributed by atoms with Crippen molar-refractivity contribution < 1.29 is 0 Å². The van der Waals surface area contributed by atoms with E-state index in [0.29, 0.717) is 0 Å². The molecule has 0 fully saturated rings. The van der Waals surface area contributed by atoms with Crippen LogP contribution in [0.1, 0.15) is 11.1 Å². The molecule has 2 aromatic rings. The van der Waals surface area contributed by atoms with E-state index in [9.17, 15) is 0 Å². The minimum absolute atomic E-state index is 0.929. The highest BCUT2D eigenvalue weighted by Crippen LogP contribution is 2.28. The van der Waals surface area contributed by atoms with E-state index >= 15 is 0 Å². The van der Waals surface area contributed by atoms with E-state index in [1.54, 1.807) is 0 Å². The number of aryl methyl sites for hydroxylation is 1. The molecule has 1 aromatic heterocycles. The zero-order valence-corrected chi connectivity index (χ0v) is 10.6. The molecule has 3 heteroatoms. The Kier molecular flexibility index (Phi) is 2.99. The minimum Gasteiger partial charge on any atom is -0.325 e. The monoisotopic (exact) mass is 239 g/mol. The predicted octanol–water partition coefficient (Wildman–Crippen LogP) is 2.63. The summed E-state index contributed by atoms with van der Waals surface area (Å²) in [4.78, 5) is 6.83. The summed E-state index contributed by atoms with van der Waals surface area (Å²) in [6.07, 6.45) is 1.93. The molecule has 1 N–H and O–H groups in total. The molecule has 2 heterocycles. The van der Waals surface area contributed by atoms with Crippen LogP contribution in [-0.4, -0.2) is 18.1 Å². The fourth-order valence-corrected chi connectivity index (χ4v) is 2.32. The van der Waals surface area contributed by atoms with Gasteiger partial charge in [-0.2, -0.15) is 0 Å². The van der Waals surface area contributed by atoms with Crippen molar-refractivity contribution in [1.82, 2.24) is 10.3 Å². The van der Waals surface area contributed by atoms with Crippen LogP contribution in [0, 0.1) is 6.92 Å². The molecule has 0 saturated heterocycles. The van der Waals surface area contributed by atoms with Crippen LogP contribution in [0.15, 0.2) is 42.6 Å². The van der Waals surface area contributed by atoms with Crippen molar-refractivity contribution in [2.24, 2.45) is 0 Å². The third-order valence-electron chi connectivity index (χ3n) is 3.28. The second-order valence-corrected chi connectivity index (χ2v) is 4.65. The van der Waals surface area contributed by atoms with Gasteiger partial charge in [0.15, 0.2) is 0 Å². The highest BCUT2D eigenvalue weighted by atomic mass is 15.2. The second-order valence-electron chi connectivity index (χ2n) is 4.65. The summed E-state index contributed by atoms with van der Waals surface area (Å²) in [5.74, 6) is 1.02. The Morgan fingerprint density at radius 3 is 2.89 bits per heavy atom. The van der Waals surface area contributed by atoms with Crippen molar-refractivity contribution in [1.29, 1.82) is 0 Å². The summed E-state index contributed by atoms with van der Waals surface area (Å²) < 4.78 is 0. The van der Waals surface area contributed by atoms with Gasteiger partial charge in [-0.05, 0) is 30.2 Å². The topological polar surface area (TPSA) is 28.2 Å². The molecular weight excluding hydrogens is 222 g/mol. The first-order valence-electron chi connectivity index (χ1n) is 6.33. The van der Waals surface area contributed by atoms with Crippen molar-refractivity contribution in [3.05, 3.63) is 53.7 Å². The molecule has 0 unspecified atom stereocenters. The quantitative estimate of drug-likeness (QED) is 0.829. The Bertz CT molecular complexity index is 534. The first-order valence-corrected chi connectivity index (χ1v) is 6.33. The Morgan fingerprint density at radius 2 is 2.06 bits per heavy atom. The van der Waals surface area contributed by atoms with Crippen molar-refractivity contribution in [2.45, 2.75) is 13.5 Å². The summed E-state index contributed by atoms with van der Waals surface area (Å²) in [7, 11) is 0. The Hall–Kier alpha value is -1.87. The first-order chi connectivity index (χ1) is 8.84. The number of nitrogens with one attached hydrogen (secondary N) is 1. The van der Waals surface area contributed by atoms with Crippen LogP contribution in [0.3, 0.4) is 0 Å². The van der Waals surface area contributed by atoms with E-state index in [0.717, 1.165) is 25.5 Å². The standard InChI is InChI=1S/C15H17N3/c1-12-6-7-15(17-10-12)18-9-8-16-11-13-4-2-3-5-14(13)18/h2-7,10,16H,8-9,11H2,1H3. The SMILES string of the molecule is Cc1ccc(N2CCNCc3ccccc32)nc1. The second kappa shape index (κ2) is 4.78. The van der Waals surface area contributed by atoms with E-state index in [2.05, 4.69) is 58.5 Å². The molecule has 0 saturated carbocycles. The normalized spacial score (nSPS) is 15.1. The van der Waals surface area contributed by atoms with Crippen molar-refractivity contribution in [2.75, 3.05) is 18.0 Å². The summed E-state index contributed by atoms with van der Waals surface area (Å²) in [6.45, 7) is 4.92. The summed E-state index contributed by atoms with van der Waals surface area (Å²) in [5, 5.41) is 3.45. The van der Waals surface area contributed by atoms with Gasteiger partial charge in [0, 0.05) is 31.5 Å². The molecule has 3 rings (SSSR count). The zero-order valence-electron chi connectivity index (χ0n) is 10.6. The van der Waals surface area contributed by atoms with Crippen molar-refractivity contribution in [3.8, 4) is 0 Å². The summed E-state index contributed by atoms with van der Waals surface area (Å²) >= 11 is 0. The van der Waals surface area contributed by atoms with Gasteiger partial charge in [0.1, 0.15) is 5.82 Å². The largest absolute Gasteiger partial charge is 0.325 e. The number of pyridine rings is 1. The fraction of sp³-hybridized carbons (Fsp3) is 0.267. The molecule has 3 nitrogen and oxygen atoms in total. The number of hydrogen-bond donors (Lipinski definition) is 1. The highest BCUT2D eigenvalue weighted by Gasteiger charge is 2.16. The first kappa shape index (κ1) is 11.2. The molecule has 0 aliphatic carbocycles. The lowest BCUT2D eigenvalue weighted by molar-refractivity contribution is 0.711. The lowest BCUT2D eigenvalue weighted by Crippen LogP contribution is -2.25. The Balaban J connectivity index is 2.03. The van der Waals surface area contributed by atoms with Crippen LogP contribution in [-0.2, 0) is 6.54 Å². The van der Waals surface area contributed by atoms with E-state index in [1.165, 1.54) is 16.8 Å². The molecule has 1 aliphatic rings. The number of hydrogen-bond acceptors (Lipinski definition) is 3. The van der Waals surface area contributed by atoms with Crippen LogP contribution in [0.2, 0.25) is 0 Å². The summed E-state index contributed by atoms with van der Waals surface area (Å²) in [6, 6.07) is 12.7. The molecule has 0 amide bonds. The molecule has 1 aliphatic heterocycles. The lowest BCUT2D eigenvalue weighted by atomic mass is 10.1. The third kappa shape index (κ3) is 2.09. The van der Waals surface area contributed by atoms with Gasteiger partial charge >= 0.3 is 0 Å². The average Bonchev–Trinajstić information content (AvgIpc) is 2.62. The number of anilines is 2. The van der Waals surface area contributed by atoms with Crippen molar-refractivity contribution in [3.63, 3.8) is 0 Å². The number of fused-ring (bicyclic) bond motifs is 1. The maximum atomic E-state index is 4.54. The third-order valence-corrected chi connectivity index (χ3v) is 3.28. The Morgan fingerprint density at radius 1 is 1.17 bits per heavy atom. The number of aromatic nitrogens is 1. The van der Waals surface area contributed by atoms with Gasteiger partial charge in [-0.25, -0.2) is 4.98 Å². The maximum Gasteiger partial charge on any atom is 0.132 e. The van der Waals surface area contributed by atoms with Gasteiger partial charge in [-0.3, -0.25) is 0 Å². The van der Waals surface area contributed by atoms with Crippen LogP contribution in [0.4, 0.5) is 11.5 Å². The van der Waals surface area contributed by atoms with E-state index in [1.807, 2.05) is 6.20 Å². The van der Waals surface area contributed by atoms with Gasteiger partial charge in [-0.1, -0.05) is 24.3 Å². The molecule has 0 spiro atoms. The van der Waals surface area contributed by atoms with Gasteiger partial charge < -0.3 is 10.2 Å². The Labute approximate surface area is 107 Å². The van der Waals surface area contributed by atoms with Crippen molar-refractivity contribution >= 4 is 11.5 Å². The van der Waals surface area contributed by atoms with Crippen LogP contribution >= 0.6 is 0 Å². The van der Waals surface area contributed by atoms with Gasteiger partial charge in [0.2, 0.25) is 0 Å². The molecule has 0 bridgehead atoms. The molecule has 18 heavy (non-hydrogen) atoms. The van der Waals surface area contributed by atoms with Gasteiger partial charge in [-0.15, -0.1) is 0 Å². The maximum absolute atomic E-state index is 4.54. The van der Waals surface area contributed by atoms with E-state index in [-0.39, 0.29) is 0 Å². The summed E-state index contributed by atoms with van der Waals surface area (Å²) in [5.41, 5.74) is 3.79. The van der Waals surface area contributed by atoms with E-state index in [4.69, 9.17) is 0 Å². The van der Waals surface area contributed by atoms with Gasteiger partial charge in [0.05, 0.1) is 0 Å². The van der Waals surface area contributed by atoms with E-state index < -0.39 is 0 Å². The molecular formula is C15H17N3. The van der Waals surface area contributed by atoms with Gasteiger partial charge in [0.25, 0.3) is 0 Å². The molecule has 0 atom stereocenters. The van der Waals surface area contributed by atoms with Crippen LogP contribution in [0.5, 0.6) is 0 Å². The highest BCUT2D eigenvalue weighted by molar-refractivity contribution is 5.64. The lowest BCUT2D eigenvalue weighted by Gasteiger charge is -2.23. The minimum atomic E-state index is 0.929. The number of nitrogens with zero attached hydrogens (tertiary/aromatic N) is 2. The fourth-order valence-electron chi connectivity index (χ4n) is 2.32. The predicted molar refractivity (Wildman–Crippen MR) is 74.1 cm³/mol. The van der Waals surface area contributed by atoms with Crippen LogP contribution < -0.4 is 10.2 Å². The van der Waals surface area contributed by atoms with Crippen LogP contribution in [0.25, 0.3) is 0 Å². The molecule has 0 radical (unpaired) electrons. The number of benzene rings is 1.